The molecule has 2 atom stereocenters. The van der Waals surface area contributed by atoms with Gasteiger partial charge in [0.25, 0.3) is 0 Å². The molecule has 1 aliphatic rings. The van der Waals surface area contributed by atoms with Crippen molar-refractivity contribution in [2.45, 2.75) is 32.1 Å². The fraction of sp³-hybridized carbons (Fsp3) is 0.500. The first-order valence-electron chi connectivity index (χ1n) is 5.46. The topological polar surface area (TPSA) is 78.9 Å². The van der Waals surface area contributed by atoms with Gasteiger partial charge in [-0.05, 0) is 31.4 Å². The molecule has 0 saturated carbocycles. The predicted octanol–water partition coefficient (Wildman–Crippen LogP) is 1.76. The van der Waals surface area contributed by atoms with Crippen molar-refractivity contribution in [1.82, 2.24) is 19.5 Å². The second-order valence-corrected chi connectivity index (χ2v) is 4.52. The highest BCUT2D eigenvalue weighted by molar-refractivity contribution is 6.28. The molecule has 0 amide bonds. The Balaban J connectivity index is 2.11. The van der Waals surface area contributed by atoms with Crippen molar-refractivity contribution in [1.29, 1.82) is 0 Å². The number of hydrogen-bond donors (Lipinski definition) is 1. The fourth-order valence-corrected chi connectivity index (χ4v) is 2.28. The minimum absolute atomic E-state index is 0.0413. The molecule has 17 heavy (non-hydrogen) atoms. The zero-order valence-corrected chi connectivity index (χ0v) is 10.1. The quantitative estimate of drug-likeness (QED) is 0.784. The van der Waals surface area contributed by atoms with Crippen LogP contribution in [0.3, 0.4) is 0 Å². The number of ether oxygens (including phenoxy) is 1. The molecule has 0 radical (unpaired) electrons. The minimum Gasteiger partial charge on any atom is -0.382 e. The molecule has 90 valence electrons. The van der Waals surface area contributed by atoms with Crippen molar-refractivity contribution < 1.29 is 4.74 Å². The van der Waals surface area contributed by atoms with Gasteiger partial charge in [0.15, 0.2) is 11.5 Å². The summed E-state index contributed by atoms with van der Waals surface area (Å²) in [7, 11) is 0. The summed E-state index contributed by atoms with van der Waals surface area (Å²) in [5, 5.41) is 0.128. The normalized spacial score (nSPS) is 24.6. The molecule has 2 aromatic rings. The molecule has 6 nitrogen and oxygen atoms in total. The highest BCUT2D eigenvalue weighted by Crippen LogP contribution is 2.31. The molecule has 1 aliphatic heterocycles. The van der Waals surface area contributed by atoms with Crippen LogP contribution in [-0.2, 0) is 4.74 Å². The standard InChI is InChI=1S/C10H12ClN5O/c1-5-2-3-6(17-5)16-4-13-7-8(12)14-10(11)15-9(7)16/h4-6H,2-3H2,1H3,(H2,12,14,15). The molecule has 3 rings (SSSR count). The van der Waals surface area contributed by atoms with Crippen LogP contribution in [0.15, 0.2) is 6.33 Å². The number of halogens is 1. The van der Waals surface area contributed by atoms with E-state index < -0.39 is 0 Å². The maximum atomic E-state index is 5.80. The van der Waals surface area contributed by atoms with Crippen molar-refractivity contribution in [2.75, 3.05) is 5.73 Å². The van der Waals surface area contributed by atoms with E-state index in [1.165, 1.54) is 0 Å². The number of imidazole rings is 1. The highest BCUT2D eigenvalue weighted by atomic mass is 35.5. The Morgan fingerprint density at radius 3 is 3.00 bits per heavy atom. The average Bonchev–Trinajstić information content (AvgIpc) is 2.83. The van der Waals surface area contributed by atoms with Crippen LogP contribution in [0.4, 0.5) is 5.82 Å². The lowest BCUT2D eigenvalue weighted by molar-refractivity contribution is 0.0132. The van der Waals surface area contributed by atoms with Crippen molar-refractivity contribution >= 4 is 28.6 Å². The van der Waals surface area contributed by atoms with Gasteiger partial charge in [0.2, 0.25) is 5.28 Å². The van der Waals surface area contributed by atoms with Gasteiger partial charge in [-0.15, -0.1) is 0 Å². The first kappa shape index (κ1) is 10.7. The van der Waals surface area contributed by atoms with E-state index in [1.54, 1.807) is 6.33 Å². The lowest BCUT2D eigenvalue weighted by atomic mass is 10.2. The van der Waals surface area contributed by atoms with Gasteiger partial charge in [0, 0.05) is 0 Å². The van der Waals surface area contributed by atoms with Gasteiger partial charge in [-0.1, -0.05) is 0 Å². The summed E-state index contributed by atoms with van der Waals surface area (Å²) in [6.45, 7) is 2.05. The zero-order chi connectivity index (χ0) is 12.0. The number of fused-ring (bicyclic) bond motifs is 1. The van der Waals surface area contributed by atoms with Crippen LogP contribution in [0.1, 0.15) is 26.0 Å². The van der Waals surface area contributed by atoms with E-state index in [2.05, 4.69) is 21.9 Å². The highest BCUT2D eigenvalue weighted by Gasteiger charge is 2.25. The molecule has 0 aliphatic carbocycles. The van der Waals surface area contributed by atoms with Gasteiger partial charge in [0.1, 0.15) is 11.7 Å². The Hall–Kier alpha value is -1.40. The maximum absolute atomic E-state index is 5.80. The number of anilines is 1. The van der Waals surface area contributed by atoms with E-state index in [-0.39, 0.29) is 17.6 Å². The number of rotatable bonds is 1. The number of hydrogen-bond acceptors (Lipinski definition) is 5. The van der Waals surface area contributed by atoms with Crippen LogP contribution in [-0.4, -0.2) is 25.6 Å². The first-order chi connectivity index (χ1) is 8.15. The lowest BCUT2D eigenvalue weighted by Crippen LogP contribution is -2.09. The van der Waals surface area contributed by atoms with Crippen LogP contribution in [0.5, 0.6) is 0 Å². The van der Waals surface area contributed by atoms with Gasteiger partial charge in [-0.2, -0.15) is 9.97 Å². The zero-order valence-electron chi connectivity index (χ0n) is 9.30. The summed E-state index contributed by atoms with van der Waals surface area (Å²) >= 11 is 5.80. The van der Waals surface area contributed by atoms with Gasteiger partial charge in [-0.25, -0.2) is 4.98 Å². The van der Waals surface area contributed by atoms with Crippen LogP contribution in [0.2, 0.25) is 5.28 Å². The molecular formula is C10H12ClN5O. The van der Waals surface area contributed by atoms with Gasteiger partial charge < -0.3 is 10.5 Å². The van der Waals surface area contributed by atoms with E-state index in [0.717, 1.165) is 12.8 Å². The summed E-state index contributed by atoms with van der Waals surface area (Å²) in [4.78, 5) is 12.2. The lowest BCUT2D eigenvalue weighted by Gasteiger charge is -2.12. The number of aromatic nitrogens is 4. The second kappa shape index (κ2) is 3.82. The van der Waals surface area contributed by atoms with E-state index in [9.17, 15) is 0 Å². The summed E-state index contributed by atoms with van der Waals surface area (Å²) in [6, 6.07) is 0. The van der Waals surface area contributed by atoms with Crippen molar-refractivity contribution in [3.63, 3.8) is 0 Å². The van der Waals surface area contributed by atoms with Crippen molar-refractivity contribution in [3.8, 4) is 0 Å². The summed E-state index contributed by atoms with van der Waals surface area (Å²) in [5.41, 5.74) is 6.94. The summed E-state index contributed by atoms with van der Waals surface area (Å²) in [6.07, 6.45) is 3.86. The van der Waals surface area contributed by atoms with Crippen LogP contribution in [0.25, 0.3) is 11.2 Å². The fourth-order valence-electron chi connectivity index (χ4n) is 2.11. The Labute approximate surface area is 103 Å². The molecule has 0 aromatic carbocycles. The Morgan fingerprint density at radius 1 is 1.47 bits per heavy atom. The Morgan fingerprint density at radius 2 is 2.29 bits per heavy atom. The molecule has 1 saturated heterocycles. The third-order valence-corrected chi connectivity index (χ3v) is 3.11. The van der Waals surface area contributed by atoms with Crippen LogP contribution < -0.4 is 5.73 Å². The molecule has 2 aromatic heterocycles. The first-order valence-corrected chi connectivity index (χ1v) is 5.84. The van der Waals surface area contributed by atoms with E-state index in [0.29, 0.717) is 17.0 Å². The van der Waals surface area contributed by atoms with Crippen molar-refractivity contribution in [3.05, 3.63) is 11.6 Å². The second-order valence-electron chi connectivity index (χ2n) is 4.18. The molecule has 7 heteroatoms. The summed E-state index contributed by atoms with van der Waals surface area (Å²) in [5.74, 6) is 0.296. The van der Waals surface area contributed by atoms with Gasteiger partial charge in [-0.3, -0.25) is 4.57 Å². The molecule has 2 N–H and O–H groups in total. The Kier molecular flexibility index (Phi) is 2.41. The van der Waals surface area contributed by atoms with Crippen molar-refractivity contribution in [2.24, 2.45) is 0 Å². The largest absolute Gasteiger partial charge is 0.382 e. The molecule has 0 bridgehead atoms. The smallest absolute Gasteiger partial charge is 0.226 e. The maximum Gasteiger partial charge on any atom is 0.226 e. The molecule has 0 spiro atoms. The van der Waals surface area contributed by atoms with Gasteiger partial charge >= 0.3 is 0 Å². The van der Waals surface area contributed by atoms with E-state index in [1.807, 2.05) is 4.57 Å². The number of nitrogens with two attached hydrogens (primary N) is 1. The van der Waals surface area contributed by atoms with Crippen LogP contribution in [0, 0.1) is 0 Å². The van der Waals surface area contributed by atoms with Gasteiger partial charge in [0.05, 0.1) is 12.4 Å². The molecular weight excluding hydrogens is 242 g/mol. The molecule has 3 heterocycles. The molecule has 2 unspecified atom stereocenters. The number of nitrogen functional groups attached to an aromatic ring is 1. The SMILES string of the molecule is CC1CCC(n2cnc3c(N)nc(Cl)nc32)O1. The third-order valence-electron chi connectivity index (χ3n) is 2.94. The monoisotopic (exact) mass is 253 g/mol. The Bertz CT molecular complexity index is 569. The number of nitrogens with zero attached hydrogens (tertiary/aromatic N) is 4. The van der Waals surface area contributed by atoms with E-state index in [4.69, 9.17) is 22.1 Å². The third kappa shape index (κ3) is 1.73. The minimum atomic E-state index is -0.0413. The molecule has 1 fully saturated rings. The summed E-state index contributed by atoms with van der Waals surface area (Å²) < 4.78 is 7.64. The van der Waals surface area contributed by atoms with Crippen LogP contribution >= 0.6 is 11.6 Å². The van der Waals surface area contributed by atoms with E-state index >= 15 is 0 Å². The average molecular weight is 254 g/mol. The predicted molar refractivity (Wildman–Crippen MR) is 63.6 cm³/mol.